The Morgan fingerprint density at radius 3 is 2.76 bits per heavy atom. The number of rotatable bonds is 5. The van der Waals surface area contributed by atoms with E-state index in [9.17, 15) is 9.59 Å². The molecule has 0 heterocycles. The smallest absolute Gasteiger partial charge is 0.315 e. The molecule has 0 saturated heterocycles. The first-order valence-electron chi connectivity index (χ1n) is 5.13. The molecule has 0 aliphatic heterocycles. The van der Waals surface area contributed by atoms with Crippen molar-refractivity contribution in [2.75, 3.05) is 23.9 Å². The molecule has 1 N–H and O–H groups in total. The monoisotopic (exact) mass is 253 g/mol. The summed E-state index contributed by atoms with van der Waals surface area (Å²) < 4.78 is 4.47. The maximum absolute atomic E-state index is 11.5. The number of hydrogen-bond acceptors (Lipinski definition) is 4. The molecule has 1 amide bonds. The molecule has 4 nitrogen and oxygen atoms in total. The van der Waals surface area contributed by atoms with Gasteiger partial charge in [-0.2, -0.15) is 0 Å². The number of esters is 1. The molecule has 0 bridgehead atoms. The van der Waals surface area contributed by atoms with Crippen LogP contribution in [-0.4, -0.2) is 30.5 Å². The number of amides is 1. The summed E-state index contributed by atoms with van der Waals surface area (Å²) in [4.78, 5) is 22.3. The second-order valence-corrected chi connectivity index (χ2v) is 4.47. The molecule has 17 heavy (non-hydrogen) atoms. The van der Waals surface area contributed by atoms with Crippen LogP contribution in [0.3, 0.4) is 0 Å². The Kier molecular flexibility index (Phi) is 5.56. The molecule has 0 fully saturated rings. The zero-order chi connectivity index (χ0) is 12.7. The van der Waals surface area contributed by atoms with Crippen molar-refractivity contribution in [3.8, 4) is 0 Å². The van der Waals surface area contributed by atoms with Gasteiger partial charge in [-0.25, -0.2) is 0 Å². The summed E-state index contributed by atoms with van der Waals surface area (Å²) in [6.45, 7) is 1.96. The van der Waals surface area contributed by atoms with Gasteiger partial charge >= 0.3 is 5.97 Å². The molecular weight excluding hydrogens is 238 g/mol. The van der Waals surface area contributed by atoms with Crippen molar-refractivity contribution in [1.29, 1.82) is 0 Å². The third-order valence-corrected chi connectivity index (χ3v) is 2.89. The number of methoxy groups -OCH3 is 1. The number of hydrogen-bond donors (Lipinski definition) is 1. The predicted molar refractivity (Wildman–Crippen MR) is 69.1 cm³/mol. The largest absolute Gasteiger partial charge is 0.468 e. The summed E-state index contributed by atoms with van der Waals surface area (Å²) >= 11 is 1.23. The van der Waals surface area contributed by atoms with Crippen molar-refractivity contribution in [1.82, 2.24) is 0 Å². The molecule has 1 aromatic carbocycles. The number of aryl methyl sites for hydroxylation is 1. The summed E-state index contributed by atoms with van der Waals surface area (Å²) in [6.07, 6.45) is 0. The lowest BCUT2D eigenvalue weighted by Crippen LogP contribution is -2.15. The Balaban J connectivity index is 2.32. The first kappa shape index (κ1) is 13.6. The van der Waals surface area contributed by atoms with Gasteiger partial charge in [-0.05, 0) is 24.6 Å². The summed E-state index contributed by atoms with van der Waals surface area (Å²) in [5.74, 6) is -0.0105. The lowest BCUT2D eigenvalue weighted by Gasteiger charge is -2.05. The van der Waals surface area contributed by atoms with E-state index in [1.807, 2.05) is 31.2 Å². The molecule has 1 aromatic rings. The lowest BCUT2D eigenvalue weighted by molar-refractivity contribution is -0.137. The summed E-state index contributed by atoms with van der Waals surface area (Å²) in [6, 6.07) is 7.56. The van der Waals surface area contributed by atoms with E-state index in [0.29, 0.717) is 0 Å². The number of nitrogens with one attached hydrogen (secondary N) is 1. The van der Waals surface area contributed by atoms with Gasteiger partial charge in [-0.3, -0.25) is 9.59 Å². The average Bonchev–Trinajstić information content (AvgIpc) is 2.28. The molecular formula is C12H15NO3S. The molecule has 0 aliphatic carbocycles. The van der Waals surface area contributed by atoms with Crippen LogP contribution in [0.4, 0.5) is 5.69 Å². The van der Waals surface area contributed by atoms with Gasteiger partial charge in [0.2, 0.25) is 5.91 Å². The van der Waals surface area contributed by atoms with Gasteiger partial charge in [0.1, 0.15) is 0 Å². The van der Waals surface area contributed by atoms with Crippen molar-refractivity contribution in [2.24, 2.45) is 0 Å². The van der Waals surface area contributed by atoms with Crippen LogP contribution in [0.25, 0.3) is 0 Å². The maximum atomic E-state index is 11.5. The van der Waals surface area contributed by atoms with Crippen molar-refractivity contribution in [2.45, 2.75) is 6.92 Å². The highest BCUT2D eigenvalue weighted by molar-refractivity contribution is 8.00. The Hall–Kier alpha value is -1.49. The number of thioether (sulfide) groups is 1. The first-order valence-corrected chi connectivity index (χ1v) is 6.28. The fourth-order valence-electron chi connectivity index (χ4n) is 1.21. The summed E-state index contributed by atoms with van der Waals surface area (Å²) in [5, 5.41) is 2.76. The standard InChI is InChI=1S/C12H15NO3S/c1-9-4-3-5-10(6-9)13-11(14)7-17-8-12(15)16-2/h3-6H,7-8H2,1-2H3,(H,13,14). The number of ether oxygens (including phenoxy) is 1. The van der Waals surface area contributed by atoms with Gasteiger partial charge in [-0.1, -0.05) is 12.1 Å². The molecule has 0 unspecified atom stereocenters. The SMILES string of the molecule is COC(=O)CSCC(=O)Nc1cccc(C)c1. The van der Waals surface area contributed by atoms with Crippen molar-refractivity contribution in [3.05, 3.63) is 29.8 Å². The van der Waals surface area contributed by atoms with E-state index >= 15 is 0 Å². The van der Waals surface area contributed by atoms with E-state index in [2.05, 4.69) is 10.1 Å². The summed E-state index contributed by atoms with van der Waals surface area (Å²) in [5.41, 5.74) is 1.86. The van der Waals surface area contributed by atoms with Gasteiger partial charge in [0.05, 0.1) is 18.6 Å². The number of benzene rings is 1. The molecule has 0 spiro atoms. The van der Waals surface area contributed by atoms with Crippen molar-refractivity contribution >= 4 is 29.3 Å². The molecule has 0 atom stereocenters. The first-order chi connectivity index (χ1) is 8.11. The zero-order valence-electron chi connectivity index (χ0n) is 9.86. The van der Waals surface area contributed by atoms with E-state index in [1.165, 1.54) is 18.9 Å². The quantitative estimate of drug-likeness (QED) is 0.813. The normalized spacial score (nSPS) is 9.76. The number of anilines is 1. The third-order valence-electron chi connectivity index (χ3n) is 1.98. The molecule has 0 aliphatic rings. The highest BCUT2D eigenvalue weighted by Gasteiger charge is 2.05. The fraction of sp³-hybridized carbons (Fsp3) is 0.333. The van der Waals surface area contributed by atoms with E-state index in [4.69, 9.17) is 0 Å². The lowest BCUT2D eigenvalue weighted by atomic mass is 10.2. The van der Waals surface area contributed by atoms with Crippen LogP contribution in [0.15, 0.2) is 24.3 Å². The van der Waals surface area contributed by atoms with Gasteiger partial charge in [0, 0.05) is 5.69 Å². The fourth-order valence-corrected chi connectivity index (χ4v) is 1.85. The van der Waals surface area contributed by atoms with Crippen molar-refractivity contribution < 1.29 is 14.3 Å². The highest BCUT2D eigenvalue weighted by atomic mass is 32.2. The Morgan fingerprint density at radius 1 is 1.35 bits per heavy atom. The second kappa shape index (κ2) is 6.96. The van der Waals surface area contributed by atoms with Crippen LogP contribution in [0.1, 0.15) is 5.56 Å². The molecule has 92 valence electrons. The van der Waals surface area contributed by atoms with Crippen LogP contribution in [0.2, 0.25) is 0 Å². The average molecular weight is 253 g/mol. The maximum Gasteiger partial charge on any atom is 0.315 e. The van der Waals surface area contributed by atoms with Crippen LogP contribution >= 0.6 is 11.8 Å². The second-order valence-electron chi connectivity index (χ2n) is 3.49. The molecule has 0 saturated carbocycles. The van der Waals surface area contributed by atoms with E-state index < -0.39 is 0 Å². The van der Waals surface area contributed by atoms with Gasteiger partial charge < -0.3 is 10.1 Å². The Bertz CT molecular complexity index is 406. The predicted octanol–water partition coefficient (Wildman–Crippen LogP) is 1.84. The highest BCUT2D eigenvalue weighted by Crippen LogP contribution is 2.10. The third kappa shape index (κ3) is 5.40. The Labute approximate surface area is 105 Å². The van der Waals surface area contributed by atoms with Crippen LogP contribution in [0.5, 0.6) is 0 Å². The molecule has 5 heteroatoms. The Morgan fingerprint density at radius 2 is 2.12 bits per heavy atom. The minimum absolute atomic E-state index is 0.121. The molecule has 0 radical (unpaired) electrons. The van der Waals surface area contributed by atoms with Crippen LogP contribution < -0.4 is 5.32 Å². The van der Waals surface area contributed by atoms with E-state index in [0.717, 1.165) is 11.3 Å². The minimum atomic E-state index is -0.321. The molecule has 1 rings (SSSR count). The van der Waals surface area contributed by atoms with Crippen LogP contribution in [0, 0.1) is 6.92 Å². The van der Waals surface area contributed by atoms with E-state index in [1.54, 1.807) is 0 Å². The minimum Gasteiger partial charge on any atom is -0.468 e. The topological polar surface area (TPSA) is 55.4 Å². The number of carbonyl (C=O) groups excluding carboxylic acids is 2. The van der Waals surface area contributed by atoms with Gasteiger partial charge in [0.25, 0.3) is 0 Å². The number of carbonyl (C=O) groups is 2. The molecule has 0 aromatic heterocycles. The van der Waals surface area contributed by atoms with Crippen LogP contribution in [-0.2, 0) is 14.3 Å². The summed E-state index contributed by atoms with van der Waals surface area (Å²) in [7, 11) is 1.33. The van der Waals surface area contributed by atoms with Gasteiger partial charge in [-0.15, -0.1) is 11.8 Å². The van der Waals surface area contributed by atoms with Crippen molar-refractivity contribution in [3.63, 3.8) is 0 Å². The zero-order valence-corrected chi connectivity index (χ0v) is 10.7. The van der Waals surface area contributed by atoms with Gasteiger partial charge in [0.15, 0.2) is 0 Å². The van der Waals surface area contributed by atoms with E-state index in [-0.39, 0.29) is 23.4 Å².